The smallest absolute Gasteiger partial charge is 0.387 e. The minimum absolute atomic E-state index is 0.00520. The second kappa shape index (κ2) is 6.75. The van der Waals surface area contributed by atoms with Crippen LogP contribution in [0.3, 0.4) is 0 Å². The van der Waals surface area contributed by atoms with Gasteiger partial charge in [0.2, 0.25) is 10.0 Å². The van der Waals surface area contributed by atoms with E-state index in [-0.39, 0.29) is 17.2 Å². The number of ether oxygens (including phenoxy) is 1. The van der Waals surface area contributed by atoms with Gasteiger partial charge in [0, 0.05) is 6.54 Å². The van der Waals surface area contributed by atoms with Crippen molar-refractivity contribution < 1.29 is 21.9 Å². The van der Waals surface area contributed by atoms with Crippen LogP contribution in [0.5, 0.6) is 5.75 Å². The number of fused-ring (bicyclic) bond motifs is 1. The van der Waals surface area contributed by atoms with Crippen LogP contribution < -0.4 is 9.46 Å². The lowest BCUT2D eigenvalue weighted by Gasteiger charge is -2.08. The van der Waals surface area contributed by atoms with E-state index in [0.29, 0.717) is 16.6 Å². The van der Waals surface area contributed by atoms with Crippen LogP contribution in [0.25, 0.3) is 11.0 Å². The van der Waals surface area contributed by atoms with Gasteiger partial charge in [-0.2, -0.15) is 17.5 Å². The maximum Gasteiger partial charge on any atom is 0.387 e. The molecule has 10 heteroatoms. The Morgan fingerprint density at radius 2 is 1.88 bits per heavy atom. The van der Waals surface area contributed by atoms with Crippen LogP contribution in [0.4, 0.5) is 8.78 Å². The van der Waals surface area contributed by atoms with Crippen molar-refractivity contribution in [2.75, 3.05) is 0 Å². The molecule has 6 nitrogen and oxygen atoms in total. The molecule has 0 aliphatic heterocycles. The van der Waals surface area contributed by atoms with Crippen LogP contribution in [0.1, 0.15) is 5.56 Å². The van der Waals surface area contributed by atoms with Crippen LogP contribution in [0.2, 0.25) is 0 Å². The van der Waals surface area contributed by atoms with E-state index >= 15 is 0 Å². The van der Waals surface area contributed by atoms with Crippen LogP contribution in [-0.4, -0.2) is 23.8 Å². The Hall–Kier alpha value is -2.17. The second-order valence-electron chi connectivity index (χ2n) is 4.74. The molecule has 0 unspecified atom stereocenters. The lowest BCUT2D eigenvalue weighted by Crippen LogP contribution is -2.23. The number of halogens is 2. The van der Waals surface area contributed by atoms with E-state index in [1.165, 1.54) is 30.3 Å². The molecule has 24 heavy (non-hydrogen) atoms. The number of sulfonamides is 1. The number of benzene rings is 2. The fourth-order valence-electron chi connectivity index (χ4n) is 2.04. The molecule has 0 atom stereocenters. The van der Waals surface area contributed by atoms with Gasteiger partial charge < -0.3 is 4.74 Å². The lowest BCUT2D eigenvalue weighted by molar-refractivity contribution is -0.0498. The molecule has 0 saturated heterocycles. The topological polar surface area (TPSA) is 81.2 Å². The molecule has 126 valence electrons. The van der Waals surface area contributed by atoms with Gasteiger partial charge in [-0.1, -0.05) is 18.2 Å². The van der Waals surface area contributed by atoms with Gasteiger partial charge in [-0.15, -0.1) is 0 Å². The van der Waals surface area contributed by atoms with Crippen LogP contribution in [0, 0.1) is 0 Å². The van der Waals surface area contributed by atoms with Crippen molar-refractivity contribution in [1.82, 2.24) is 13.5 Å². The summed E-state index contributed by atoms with van der Waals surface area (Å²) < 4.78 is 63.7. The molecule has 0 saturated carbocycles. The fourth-order valence-corrected chi connectivity index (χ4v) is 3.83. The largest absolute Gasteiger partial charge is 0.435 e. The summed E-state index contributed by atoms with van der Waals surface area (Å²) in [5.41, 5.74) is 1.43. The summed E-state index contributed by atoms with van der Waals surface area (Å²) in [5, 5.41) is 0. The first kappa shape index (κ1) is 16.7. The Morgan fingerprint density at radius 1 is 1.12 bits per heavy atom. The zero-order valence-corrected chi connectivity index (χ0v) is 13.7. The van der Waals surface area contributed by atoms with Gasteiger partial charge in [0.05, 0.1) is 11.7 Å². The third kappa shape index (κ3) is 3.66. The van der Waals surface area contributed by atoms with E-state index in [1.54, 1.807) is 12.1 Å². The van der Waals surface area contributed by atoms with Gasteiger partial charge in [0.15, 0.2) is 0 Å². The van der Waals surface area contributed by atoms with E-state index in [2.05, 4.69) is 18.2 Å². The first-order valence-corrected chi connectivity index (χ1v) is 8.92. The van der Waals surface area contributed by atoms with E-state index < -0.39 is 16.6 Å². The average Bonchev–Trinajstić information content (AvgIpc) is 3.02. The summed E-state index contributed by atoms with van der Waals surface area (Å²) >= 11 is 0.937. The fraction of sp³-hybridized carbons (Fsp3) is 0.143. The summed E-state index contributed by atoms with van der Waals surface area (Å²) in [4.78, 5) is 0.0476. The molecule has 0 bridgehead atoms. The first-order valence-electron chi connectivity index (χ1n) is 6.70. The number of aromatic nitrogens is 2. The SMILES string of the molecule is O=S(=O)(NCc1ccc(OC(F)F)cc1)c1cccc2nsnc12. The van der Waals surface area contributed by atoms with Crippen LogP contribution in [0.15, 0.2) is 47.4 Å². The average molecular weight is 371 g/mol. The number of nitrogens with zero attached hydrogens (tertiary/aromatic N) is 2. The predicted octanol–water partition coefficient (Wildman–Crippen LogP) is 2.77. The van der Waals surface area contributed by atoms with Crippen molar-refractivity contribution in [3.05, 3.63) is 48.0 Å². The normalized spacial score (nSPS) is 12.0. The molecule has 0 radical (unpaired) electrons. The maximum absolute atomic E-state index is 12.4. The molecule has 3 rings (SSSR count). The molecule has 0 fully saturated rings. The van der Waals surface area contributed by atoms with Gasteiger partial charge >= 0.3 is 6.61 Å². The van der Waals surface area contributed by atoms with Crippen LogP contribution in [-0.2, 0) is 16.6 Å². The Bertz CT molecular complexity index is 943. The van der Waals surface area contributed by atoms with E-state index in [1.807, 2.05) is 0 Å². The molecule has 1 N–H and O–H groups in total. The van der Waals surface area contributed by atoms with Crippen molar-refractivity contribution in [2.24, 2.45) is 0 Å². The lowest BCUT2D eigenvalue weighted by atomic mass is 10.2. The van der Waals surface area contributed by atoms with Crippen molar-refractivity contribution in [3.63, 3.8) is 0 Å². The predicted molar refractivity (Wildman–Crippen MR) is 84.5 cm³/mol. The Balaban J connectivity index is 1.75. The third-order valence-corrected chi connectivity index (χ3v) is 5.13. The second-order valence-corrected chi connectivity index (χ2v) is 7.00. The number of nitrogens with one attached hydrogen (secondary N) is 1. The number of alkyl halides is 2. The minimum atomic E-state index is -3.78. The minimum Gasteiger partial charge on any atom is -0.435 e. The van der Waals surface area contributed by atoms with E-state index in [4.69, 9.17) is 0 Å². The molecule has 1 heterocycles. The highest BCUT2D eigenvalue weighted by Gasteiger charge is 2.19. The number of hydrogen-bond donors (Lipinski definition) is 1. The molecule has 0 spiro atoms. The maximum atomic E-state index is 12.4. The molecule has 1 aromatic heterocycles. The summed E-state index contributed by atoms with van der Waals surface area (Å²) in [7, 11) is -3.78. The highest BCUT2D eigenvalue weighted by Crippen LogP contribution is 2.21. The molecule has 0 aliphatic carbocycles. The standard InChI is InChI=1S/C14H11F2N3O3S2/c15-14(16)22-10-6-4-9(5-7-10)8-17-24(20,21)12-3-1-2-11-13(12)19-23-18-11/h1-7,14,17H,8H2. The van der Waals surface area contributed by atoms with Crippen molar-refractivity contribution >= 4 is 32.8 Å². The zero-order chi connectivity index (χ0) is 17.2. The van der Waals surface area contributed by atoms with E-state index in [0.717, 1.165) is 11.7 Å². The molecule has 2 aromatic carbocycles. The van der Waals surface area contributed by atoms with Gasteiger partial charge in [-0.05, 0) is 29.8 Å². The van der Waals surface area contributed by atoms with Crippen molar-refractivity contribution in [1.29, 1.82) is 0 Å². The number of hydrogen-bond acceptors (Lipinski definition) is 6. The highest BCUT2D eigenvalue weighted by atomic mass is 32.2. The van der Waals surface area contributed by atoms with Gasteiger partial charge in [0.1, 0.15) is 21.7 Å². The van der Waals surface area contributed by atoms with Crippen molar-refractivity contribution in [3.8, 4) is 5.75 Å². The summed E-state index contributed by atoms with van der Waals surface area (Å²) in [6, 6.07) is 10.4. The molecule has 0 aliphatic rings. The molecular formula is C14H11F2N3O3S2. The first-order chi connectivity index (χ1) is 11.5. The molecular weight excluding hydrogens is 360 g/mol. The summed E-state index contributed by atoms with van der Waals surface area (Å²) in [6.45, 7) is -2.90. The van der Waals surface area contributed by atoms with Crippen molar-refractivity contribution in [2.45, 2.75) is 18.1 Å². The Kier molecular flexibility index (Phi) is 4.69. The summed E-state index contributed by atoms with van der Waals surface area (Å²) in [6.07, 6.45) is 0. The Morgan fingerprint density at radius 3 is 2.58 bits per heavy atom. The zero-order valence-electron chi connectivity index (χ0n) is 12.0. The van der Waals surface area contributed by atoms with Gasteiger partial charge in [-0.25, -0.2) is 13.1 Å². The number of rotatable bonds is 6. The Labute approximate surface area is 140 Å². The third-order valence-electron chi connectivity index (χ3n) is 3.15. The van der Waals surface area contributed by atoms with E-state index in [9.17, 15) is 17.2 Å². The van der Waals surface area contributed by atoms with Gasteiger partial charge in [-0.3, -0.25) is 0 Å². The molecule has 0 amide bonds. The molecule has 3 aromatic rings. The van der Waals surface area contributed by atoms with Gasteiger partial charge in [0.25, 0.3) is 0 Å². The summed E-state index contributed by atoms with van der Waals surface area (Å²) in [5.74, 6) is 0.00919. The quantitative estimate of drug-likeness (QED) is 0.721. The highest BCUT2D eigenvalue weighted by molar-refractivity contribution is 7.89. The van der Waals surface area contributed by atoms with Crippen LogP contribution >= 0.6 is 11.7 Å². The monoisotopic (exact) mass is 371 g/mol.